The summed E-state index contributed by atoms with van der Waals surface area (Å²) in [5.41, 5.74) is 0. The van der Waals surface area contributed by atoms with Crippen LogP contribution < -0.4 is 5.32 Å². The van der Waals surface area contributed by atoms with Crippen LogP contribution in [-0.4, -0.2) is 35.6 Å². The third-order valence-corrected chi connectivity index (χ3v) is 9.88. The fourth-order valence-electron chi connectivity index (χ4n) is 6.60. The molecule has 2 N–H and O–H groups in total. The SMILES string of the molecule is CCCCCCC/C=C\C/C=C\CCCCCCCCCCCC(=O)OC(CCCCCCCCCC)CCCCCCCC(=O)NCC(=O)O. The van der Waals surface area contributed by atoms with Gasteiger partial charge in [-0.05, 0) is 70.6 Å². The molecule has 51 heavy (non-hydrogen) atoms. The minimum absolute atomic E-state index is 0.0187. The predicted molar refractivity (Wildman–Crippen MR) is 217 cm³/mol. The molecule has 0 aromatic heterocycles. The van der Waals surface area contributed by atoms with Crippen molar-refractivity contribution >= 4 is 17.8 Å². The number of hydrogen-bond donors (Lipinski definition) is 2. The molecule has 0 aromatic rings. The quantitative estimate of drug-likeness (QED) is 0.0374. The zero-order valence-electron chi connectivity index (χ0n) is 33.7. The van der Waals surface area contributed by atoms with Crippen molar-refractivity contribution in [2.45, 2.75) is 238 Å². The van der Waals surface area contributed by atoms with Gasteiger partial charge in [-0.25, -0.2) is 0 Å². The molecule has 0 fully saturated rings. The summed E-state index contributed by atoms with van der Waals surface area (Å²) in [7, 11) is 0. The predicted octanol–water partition coefficient (Wildman–Crippen LogP) is 13.5. The Bertz CT molecular complexity index is 838. The van der Waals surface area contributed by atoms with Gasteiger partial charge in [0.05, 0.1) is 0 Å². The van der Waals surface area contributed by atoms with Crippen molar-refractivity contribution in [3.8, 4) is 0 Å². The van der Waals surface area contributed by atoms with Crippen molar-refractivity contribution in [2.24, 2.45) is 0 Å². The van der Waals surface area contributed by atoms with Crippen LogP contribution in [0.15, 0.2) is 24.3 Å². The van der Waals surface area contributed by atoms with Crippen molar-refractivity contribution in [3.05, 3.63) is 24.3 Å². The first-order valence-electron chi connectivity index (χ1n) is 22.0. The van der Waals surface area contributed by atoms with E-state index in [1.165, 1.54) is 135 Å². The number of aliphatic carboxylic acids is 1. The summed E-state index contributed by atoms with van der Waals surface area (Å²) in [6.07, 6.45) is 48.8. The van der Waals surface area contributed by atoms with Gasteiger partial charge in [-0.15, -0.1) is 0 Å². The summed E-state index contributed by atoms with van der Waals surface area (Å²) in [5, 5.41) is 11.1. The van der Waals surface area contributed by atoms with Crippen molar-refractivity contribution in [3.63, 3.8) is 0 Å². The van der Waals surface area contributed by atoms with E-state index < -0.39 is 5.97 Å². The molecule has 1 atom stereocenters. The number of rotatable bonds is 40. The summed E-state index contributed by atoms with van der Waals surface area (Å²) in [6, 6.07) is 0. The second-order valence-corrected chi connectivity index (χ2v) is 15.0. The Labute approximate surface area is 315 Å². The Kier molecular flexibility index (Phi) is 39.0. The Balaban J connectivity index is 3.97. The highest BCUT2D eigenvalue weighted by molar-refractivity contribution is 5.80. The van der Waals surface area contributed by atoms with E-state index in [0.29, 0.717) is 12.8 Å². The van der Waals surface area contributed by atoms with Gasteiger partial charge in [0.1, 0.15) is 12.6 Å². The first kappa shape index (κ1) is 48.9. The van der Waals surface area contributed by atoms with Gasteiger partial charge in [0.2, 0.25) is 5.91 Å². The normalized spacial score (nSPS) is 12.2. The van der Waals surface area contributed by atoms with Crippen molar-refractivity contribution in [1.82, 2.24) is 5.32 Å². The van der Waals surface area contributed by atoms with E-state index in [2.05, 4.69) is 43.5 Å². The van der Waals surface area contributed by atoms with Crippen molar-refractivity contribution in [1.29, 1.82) is 0 Å². The number of allylic oxidation sites excluding steroid dienone is 4. The summed E-state index contributed by atoms with van der Waals surface area (Å²) in [5.74, 6) is -1.23. The zero-order valence-corrected chi connectivity index (χ0v) is 33.7. The maximum atomic E-state index is 12.7. The molecule has 0 saturated carbocycles. The topological polar surface area (TPSA) is 92.7 Å². The molecule has 6 heteroatoms. The number of nitrogens with one attached hydrogen (secondary N) is 1. The Morgan fingerprint density at radius 1 is 0.510 bits per heavy atom. The first-order chi connectivity index (χ1) is 25.0. The molecule has 0 aromatic carbocycles. The molecular formula is C45H83NO5. The second-order valence-electron chi connectivity index (χ2n) is 15.0. The third kappa shape index (κ3) is 40.5. The molecule has 0 aliphatic heterocycles. The van der Waals surface area contributed by atoms with E-state index >= 15 is 0 Å². The van der Waals surface area contributed by atoms with Crippen LogP contribution in [-0.2, 0) is 19.1 Å². The fourth-order valence-corrected chi connectivity index (χ4v) is 6.60. The van der Waals surface area contributed by atoms with Gasteiger partial charge in [-0.1, -0.05) is 173 Å². The lowest BCUT2D eigenvalue weighted by atomic mass is 10.0. The molecule has 6 nitrogen and oxygen atoms in total. The van der Waals surface area contributed by atoms with E-state index in [9.17, 15) is 14.4 Å². The number of carboxylic acid groups (broad SMARTS) is 1. The number of esters is 1. The summed E-state index contributed by atoms with van der Waals surface area (Å²) in [4.78, 5) is 35.0. The summed E-state index contributed by atoms with van der Waals surface area (Å²) >= 11 is 0. The van der Waals surface area contributed by atoms with Crippen LogP contribution in [0.1, 0.15) is 232 Å². The highest BCUT2D eigenvalue weighted by atomic mass is 16.5. The van der Waals surface area contributed by atoms with E-state index in [1.807, 2.05) is 0 Å². The lowest BCUT2D eigenvalue weighted by Gasteiger charge is -2.18. The Morgan fingerprint density at radius 2 is 0.902 bits per heavy atom. The largest absolute Gasteiger partial charge is 0.480 e. The maximum absolute atomic E-state index is 12.7. The van der Waals surface area contributed by atoms with Gasteiger partial charge in [-0.2, -0.15) is 0 Å². The number of unbranched alkanes of at least 4 members (excludes halogenated alkanes) is 25. The molecule has 0 saturated heterocycles. The molecule has 0 aliphatic carbocycles. The molecular weight excluding hydrogens is 634 g/mol. The highest BCUT2D eigenvalue weighted by Crippen LogP contribution is 2.19. The van der Waals surface area contributed by atoms with E-state index in [0.717, 1.165) is 70.6 Å². The molecule has 0 heterocycles. The van der Waals surface area contributed by atoms with Crippen LogP contribution in [0.25, 0.3) is 0 Å². The highest BCUT2D eigenvalue weighted by Gasteiger charge is 2.14. The molecule has 298 valence electrons. The number of carbonyl (C=O) groups excluding carboxylic acids is 2. The lowest BCUT2D eigenvalue weighted by Crippen LogP contribution is -2.28. The van der Waals surface area contributed by atoms with Gasteiger partial charge >= 0.3 is 11.9 Å². The van der Waals surface area contributed by atoms with Crippen LogP contribution in [0.3, 0.4) is 0 Å². The van der Waals surface area contributed by atoms with Crippen LogP contribution >= 0.6 is 0 Å². The molecule has 0 bridgehead atoms. The van der Waals surface area contributed by atoms with Crippen LogP contribution in [0.5, 0.6) is 0 Å². The van der Waals surface area contributed by atoms with Gasteiger partial charge in [0.15, 0.2) is 0 Å². The van der Waals surface area contributed by atoms with Crippen LogP contribution in [0.4, 0.5) is 0 Å². The van der Waals surface area contributed by atoms with E-state index in [1.54, 1.807) is 0 Å². The minimum atomic E-state index is -1.02. The van der Waals surface area contributed by atoms with Gasteiger partial charge in [0.25, 0.3) is 0 Å². The van der Waals surface area contributed by atoms with Gasteiger partial charge < -0.3 is 15.2 Å². The standard InChI is InChI=1S/C45H83NO5/c1-3-5-7-9-11-13-14-15-16-17-18-19-20-21-22-23-24-25-27-32-36-40-45(50)51-42(37-33-29-26-12-10-8-6-4-2)38-34-30-28-31-35-39-43(47)46-41-44(48)49/h14-15,17-18,42H,3-13,16,19-41H2,1-2H3,(H,46,47)(H,48,49)/b15-14-,18-17-. The molecule has 1 amide bonds. The van der Waals surface area contributed by atoms with Crippen LogP contribution in [0, 0.1) is 0 Å². The van der Waals surface area contributed by atoms with Crippen molar-refractivity contribution < 1.29 is 24.2 Å². The first-order valence-corrected chi connectivity index (χ1v) is 22.0. The average Bonchev–Trinajstić information content (AvgIpc) is 3.11. The van der Waals surface area contributed by atoms with Crippen molar-refractivity contribution in [2.75, 3.05) is 6.54 Å². The maximum Gasteiger partial charge on any atom is 0.322 e. The summed E-state index contributed by atoms with van der Waals surface area (Å²) < 4.78 is 6.01. The Hall–Kier alpha value is -2.11. The fraction of sp³-hybridized carbons (Fsp3) is 0.844. The smallest absolute Gasteiger partial charge is 0.322 e. The number of carboxylic acids is 1. The van der Waals surface area contributed by atoms with E-state index in [4.69, 9.17) is 9.84 Å². The molecule has 1 unspecified atom stereocenters. The number of ether oxygens (including phenoxy) is 1. The number of hydrogen-bond acceptors (Lipinski definition) is 4. The molecule has 0 aliphatic rings. The van der Waals surface area contributed by atoms with Gasteiger partial charge in [0, 0.05) is 12.8 Å². The monoisotopic (exact) mass is 718 g/mol. The minimum Gasteiger partial charge on any atom is -0.480 e. The molecule has 0 rings (SSSR count). The lowest BCUT2D eigenvalue weighted by molar-refractivity contribution is -0.150. The van der Waals surface area contributed by atoms with Gasteiger partial charge in [-0.3, -0.25) is 14.4 Å². The summed E-state index contributed by atoms with van der Waals surface area (Å²) in [6.45, 7) is 4.21. The van der Waals surface area contributed by atoms with E-state index in [-0.39, 0.29) is 24.5 Å². The molecule has 0 radical (unpaired) electrons. The Morgan fingerprint density at radius 3 is 1.35 bits per heavy atom. The average molecular weight is 718 g/mol. The number of amides is 1. The molecule has 0 spiro atoms. The van der Waals surface area contributed by atoms with Crippen LogP contribution in [0.2, 0.25) is 0 Å². The second kappa shape index (κ2) is 40.7. The number of carbonyl (C=O) groups is 3. The zero-order chi connectivity index (χ0) is 37.3. The third-order valence-electron chi connectivity index (χ3n) is 9.88.